The lowest BCUT2D eigenvalue weighted by molar-refractivity contribution is 0.0875. The summed E-state index contributed by atoms with van der Waals surface area (Å²) in [6, 6.07) is 6.35. The van der Waals surface area contributed by atoms with Crippen molar-refractivity contribution in [1.82, 2.24) is 5.32 Å². The van der Waals surface area contributed by atoms with E-state index >= 15 is 0 Å². The molecule has 0 atom stereocenters. The maximum Gasteiger partial charge on any atom is 0.0765 e. The van der Waals surface area contributed by atoms with Gasteiger partial charge in [0.15, 0.2) is 0 Å². The largest absolute Gasteiger partial charge is 0.389 e. The van der Waals surface area contributed by atoms with E-state index in [-0.39, 0.29) is 0 Å². The number of hydrogen-bond acceptors (Lipinski definition) is 3. The van der Waals surface area contributed by atoms with Crippen LogP contribution in [0.4, 0.5) is 5.69 Å². The van der Waals surface area contributed by atoms with Crippen LogP contribution in [-0.4, -0.2) is 30.3 Å². The second-order valence-corrected chi connectivity index (χ2v) is 6.69. The zero-order chi connectivity index (χ0) is 15.2. The van der Waals surface area contributed by atoms with Crippen LogP contribution in [0.2, 0.25) is 0 Å². The topological polar surface area (TPSA) is 35.5 Å². The van der Waals surface area contributed by atoms with Gasteiger partial charge in [0.1, 0.15) is 0 Å². The molecule has 1 aromatic carbocycles. The molecule has 0 radical (unpaired) electrons. The molecule has 3 nitrogen and oxygen atoms in total. The second kappa shape index (κ2) is 8.01. The fourth-order valence-corrected chi connectivity index (χ4v) is 2.65. The number of nitrogens with zero attached hydrogens (tertiary/aromatic N) is 1. The number of halogens is 1. The predicted molar refractivity (Wildman–Crippen MR) is 90.3 cm³/mol. The molecule has 0 amide bonds. The Labute approximate surface area is 131 Å². The molecule has 1 aromatic rings. The molecule has 0 aromatic heterocycles. The van der Waals surface area contributed by atoms with E-state index in [2.05, 4.69) is 58.2 Å². The second-order valence-electron chi connectivity index (χ2n) is 5.78. The number of aliphatic hydroxyl groups is 1. The van der Waals surface area contributed by atoms with E-state index in [1.807, 2.05) is 13.8 Å². The summed E-state index contributed by atoms with van der Waals surface area (Å²) in [5.74, 6) is 0. The maximum atomic E-state index is 10.1. The van der Waals surface area contributed by atoms with Gasteiger partial charge in [-0.25, -0.2) is 0 Å². The third kappa shape index (κ3) is 5.81. The fraction of sp³-hybridized carbons (Fsp3) is 0.625. The van der Waals surface area contributed by atoms with Gasteiger partial charge in [-0.15, -0.1) is 0 Å². The molecule has 0 aliphatic carbocycles. The molecule has 4 heteroatoms. The maximum absolute atomic E-state index is 10.1. The van der Waals surface area contributed by atoms with Gasteiger partial charge in [-0.3, -0.25) is 0 Å². The molecule has 0 aliphatic heterocycles. The van der Waals surface area contributed by atoms with Gasteiger partial charge >= 0.3 is 0 Å². The third-order valence-corrected chi connectivity index (χ3v) is 3.58. The molecular weight excluding hydrogens is 316 g/mol. The van der Waals surface area contributed by atoms with E-state index in [4.69, 9.17) is 0 Å². The van der Waals surface area contributed by atoms with Crippen molar-refractivity contribution < 1.29 is 5.11 Å². The van der Waals surface area contributed by atoms with E-state index in [1.54, 1.807) is 0 Å². The molecule has 0 heterocycles. The van der Waals surface area contributed by atoms with Crippen molar-refractivity contribution in [1.29, 1.82) is 0 Å². The third-order valence-electron chi connectivity index (χ3n) is 3.08. The van der Waals surface area contributed by atoms with Gasteiger partial charge in [0.25, 0.3) is 0 Å². The first-order chi connectivity index (χ1) is 9.37. The van der Waals surface area contributed by atoms with Crippen molar-refractivity contribution in [2.45, 2.75) is 46.3 Å². The highest BCUT2D eigenvalue weighted by Crippen LogP contribution is 2.26. The molecule has 0 bridgehead atoms. The lowest BCUT2D eigenvalue weighted by Crippen LogP contribution is -2.39. The molecular formula is C16H27BrN2O. The molecule has 0 spiro atoms. The predicted octanol–water partition coefficient (Wildman–Crippen LogP) is 3.55. The summed E-state index contributed by atoms with van der Waals surface area (Å²) in [5.41, 5.74) is 1.76. The highest BCUT2D eigenvalue weighted by atomic mass is 79.9. The molecule has 1 rings (SSSR count). The Balaban J connectivity index is 2.95. The zero-order valence-corrected chi connectivity index (χ0v) is 14.6. The first-order valence-electron chi connectivity index (χ1n) is 7.34. The van der Waals surface area contributed by atoms with Gasteiger partial charge in [-0.05, 0) is 57.5 Å². The van der Waals surface area contributed by atoms with Gasteiger partial charge in [0.2, 0.25) is 0 Å². The fourth-order valence-electron chi connectivity index (χ4n) is 2.24. The molecule has 114 valence electrons. The molecule has 0 saturated carbocycles. The first kappa shape index (κ1) is 17.5. The van der Waals surface area contributed by atoms with E-state index in [0.717, 1.165) is 30.5 Å². The van der Waals surface area contributed by atoms with Crippen molar-refractivity contribution in [2.75, 3.05) is 24.5 Å². The van der Waals surface area contributed by atoms with Crippen LogP contribution in [0.1, 0.15) is 39.7 Å². The number of hydrogen-bond donors (Lipinski definition) is 2. The Hall–Kier alpha value is -0.580. The Morgan fingerprint density at radius 3 is 2.55 bits per heavy atom. The van der Waals surface area contributed by atoms with Gasteiger partial charge in [0, 0.05) is 29.8 Å². The number of rotatable bonds is 8. The molecule has 0 unspecified atom stereocenters. The Morgan fingerprint density at radius 2 is 2.00 bits per heavy atom. The average molecular weight is 343 g/mol. The summed E-state index contributed by atoms with van der Waals surface area (Å²) in [6.07, 6.45) is 1.13. The molecule has 20 heavy (non-hydrogen) atoms. The summed E-state index contributed by atoms with van der Waals surface area (Å²) in [7, 11) is 0. The van der Waals surface area contributed by atoms with Crippen molar-refractivity contribution >= 4 is 21.6 Å². The Kier molecular flexibility index (Phi) is 7.00. The smallest absolute Gasteiger partial charge is 0.0765 e. The monoisotopic (exact) mass is 342 g/mol. The van der Waals surface area contributed by atoms with E-state index in [9.17, 15) is 5.11 Å². The van der Waals surface area contributed by atoms with Crippen LogP contribution in [0.25, 0.3) is 0 Å². The van der Waals surface area contributed by atoms with Crippen LogP contribution in [0.15, 0.2) is 22.7 Å². The van der Waals surface area contributed by atoms with Gasteiger partial charge in [-0.2, -0.15) is 0 Å². The number of likely N-dealkylation sites (N-methyl/N-ethyl adjacent to an activating group) is 1. The molecule has 0 fully saturated rings. The molecule has 0 aliphatic rings. The van der Waals surface area contributed by atoms with Crippen molar-refractivity contribution in [3.63, 3.8) is 0 Å². The van der Waals surface area contributed by atoms with Crippen molar-refractivity contribution in [3.8, 4) is 0 Å². The van der Waals surface area contributed by atoms with Gasteiger partial charge in [0.05, 0.1) is 5.60 Å². The average Bonchev–Trinajstić information content (AvgIpc) is 2.36. The summed E-state index contributed by atoms with van der Waals surface area (Å²) < 4.78 is 1.09. The van der Waals surface area contributed by atoms with Crippen molar-refractivity contribution in [2.24, 2.45) is 0 Å². The van der Waals surface area contributed by atoms with Crippen molar-refractivity contribution in [3.05, 3.63) is 28.2 Å². The highest BCUT2D eigenvalue weighted by molar-refractivity contribution is 9.10. The summed E-state index contributed by atoms with van der Waals surface area (Å²) in [6.45, 7) is 11.4. The SMILES string of the molecule is CCCNCc1cc(Br)ccc1N(CC)CC(C)(C)O. The van der Waals surface area contributed by atoms with E-state index in [0.29, 0.717) is 6.54 Å². The number of anilines is 1. The highest BCUT2D eigenvalue weighted by Gasteiger charge is 2.19. The minimum absolute atomic E-state index is 0.631. The quantitative estimate of drug-likeness (QED) is 0.709. The van der Waals surface area contributed by atoms with Crippen LogP contribution >= 0.6 is 15.9 Å². The minimum Gasteiger partial charge on any atom is -0.389 e. The normalized spacial score (nSPS) is 11.7. The first-order valence-corrected chi connectivity index (χ1v) is 8.13. The molecule has 2 N–H and O–H groups in total. The summed E-state index contributed by atoms with van der Waals surface area (Å²) in [5, 5.41) is 13.5. The van der Waals surface area contributed by atoms with Gasteiger partial charge in [-0.1, -0.05) is 22.9 Å². The van der Waals surface area contributed by atoms with Crippen LogP contribution in [-0.2, 0) is 6.54 Å². The standard InChI is InChI=1S/C16H27BrN2O/c1-5-9-18-11-13-10-14(17)7-8-15(13)19(6-2)12-16(3,4)20/h7-8,10,18,20H,5-6,9,11-12H2,1-4H3. The Bertz CT molecular complexity index is 415. The van der Waals surface area contributed by atoms with Crippen LogP contribution in [0, 0.1) is 0 Å². The summed E-state index contributed by atoms with van der Waals surface area (Å²) in [4.78, 5) is 2.23. The summed E-state index contributed by atoms with van der Waals surface area (Å²) >= 11 is 3.54. The van der Waals surface area contributed by atoms with Crippen LogP contribution in [0.3, 0.4) is 0 Å². The minimum atomic E-state index is -0.697. The van der Waals surface area contributed by atoms with Crippen LogP contribution in [0.5, 0.6) is 0 Å². The zero-order valence-electron chi connectivity index (χ0n) is 13.0. The van der Waals surface area contributed by atoms with Crippen LogP contribution < -0.4 is 10.2 Å². The van der Waals surface area contributed by atoms with E-state index < -0.39 is 5.60 Å². The lowest BCUT2D eigenvalue weighted by Gasteiger charge is -2.31. The van der Waals surface area contributed by atoms with Gasteiger partial charge < -0.3 is 15.3 Å². The number of nitrogens with one attached hydrogen (secondary N) is 1. The lowest BCUT2D eigenvalue weighted by atomic mass is 10.1. The Morgan fingerprint density at radius 1 is 1.30 bits per heavy atom. The van der Waals surface area contributed by atoms with E-state index in [1.165, 1.54) is 11.3 Å². The molecule has 0 saturated heterocycles. The number of benzene rings is 1.